The Kier molecular flexibility index (Phi) is 5.17. The molecule has 0 spiro atoms. The van der Waals surface area contributed by atoms with Gasteiger partial charge in [0.1, 0.15) is 0 Å². The molecule has 3 heteroatoms. The van der Waals surface area contributed by atoms with Crippen LogP contribution < -0.4 is 0 Å². The van der Waals surface area contributed by atoms with E-state index in [0.29, 0.717) is 19.3 Å². The maximum Gasteiger partial charge on any atom is 0.0698 e. The summed E-state index contributed by atoms with van der Waals surface area (Å²) in [5.41, 5.74) is 2.84. The van der Waals surface area contributed by atoms with Crippen LogP contribution >= 0.6 is 0 Å². The first kappa shape index (κ1) is 13.5. The molecule has 1 aromatic rings. The fraction of sp³-hybridized carbons (Fsp3) is 0.600. The zero-order chi connectivity index (χ0) is 12.8. The van der Waals surface area contributed by atoms with E-state index in [1.807, 2.05) is 0 Å². The largest absolute Gasteiger partial charge is 0.394 e. The molecule has 1 aliphatic rings. The van der Waals surface area contributed by atoms with Gasteiger partial charge in [-0.25, -0.2) is 0 Å². The maximum atomic E-state index is 8.69. The minimum atomic E-state index is 0.112. The van der Waals surface area contributed by atoms with Gasteiger partial charge in [0.15, 0.2) is 0 Å². The van der Waals surface area contributed by atoms with Gasteiger partial charge in [-0.2, -0.15) is 0 Å². The van der Waals surface area contributed by atoms with Crippen molar-refractivity contribution in [2.45, 2.75) is 25.8 Å². The molecule has 1 heterocycles. The molecule has 0 aliphatic carbocycles. The van der Waals surface area contributed by atoms with Crippen molar-refractivity contribution in [3.8, 4) is 0 Å². The van der Waals surface area contributed by atoms with Crippen LogP contribution in [0.1, 0.15) is 30.0 Å². The zero-order valence-corrected chi connectivity index (χ0v) is 11.1. The summed E-state index contributed by atoms with van der Waals surface area (Å²) in [7, 11) is 0. The van der Waals surface area contributed by atoms with Crippen LogP contribution in [0.5, 0.6) is 0 Å². The first-order valence-electron chi connectivity index (χ1n) is 6.81. The Labute approximate surface area is 109 Å². The lowest BCUT2D eigenvalue weighted by atomic mass is 9.99. The number of aryl methyl sites for hydroxylation is 1. The monoisotopic (exact) mass is 249 g/mol. The minimum absolute atomic E-state index is 0.112. The van der Waals surface area contributed by atoms with E-state index in [1.54, 1.807) is 0 Å². The van der Waals surface area contributed by atoms with Crippen molar-refractivity contribution >= 4 is 0 Å². The van der Waals surface area contributed by atoms with Crippen LogP contribution in [0.3, 0.4) is 0 Å². The summed E-state index contributed by atoms with van der Waals surface area (Å²) in [4.78, 5) is 2.50. The van der Waals surface area contributed by atoms with Crippen molar-refractivity contribution in [1.82, 2.24) is 4.90 Å². The summed E-state index contributed by atoms with van der Waals surface area (Å²) in [6, 6.07) is 9.20. The third-order valence-electron chi connectivity index (χ3n) is 3.67. The number of hydrogen-bond acceptors (Lipinski definition) is 3. The lowest BCUT2D eigenvalue weighted by molar-refractivity contribution is 0.0709. The number of likely N-dealkylation sites (tertiary alicyclic amines) is 1. The molecule has 2 rings (SSSR count). The van der Waals surface area contributed by atoms with Crippen molar-refractivity contribution in [1.29, 1.82) is 0 Å². The molecule has 0 amide bonds. The third-order valence-corrected chi connectivity index (χ3v) is 3.67. The lowest BCUT2D eigenvalue weighted by Crippen LogP contribution is -2.28. The maximum absolute atomic E-state index is 8.69. The van der Waals surface area contributed by atoms with Gasteiger partial charge in [-0.15, -0.1) is 0 Å². The van der Waals surface area contributed by atoms with E-state index in [0.717, 1.165) is 13.1 Å². The predicted octanol–water partition coefficient (Wildman–Crippen LogP) is 2.14. The fourth-order valence-electron chi connectivity index (χ4n) is 2.76. The third kappa shape index (κ3) is 3.31. The summed E-state index contributed by atoms with van der Waals surface area (Å²) in [6.07, 6.45) is 2.50. The number of hydrogen-bond donors (Lipinski definition) is 1. The Bertz CT molecular complexity index is 367. The van der Waals surface area contributed by atoms with E-state index in [1.165, 1.54) is 24.0 Å². The first-order valence-corrected chi connectivity index (χ1v) is 6.81. The summed E-state index contributed by atoms with van der Waals surface area (Å²) < 4.78 is 5.37. The van der Waals surface area contributed by atoms with Gasteiger partial charge in [0, 0.05) is 12.6 Å². The van der Waals surface area contributed by atoms with Crippen molar-refractivity contribution in [3.63, 3.8) is 0 Å². The molecule has 1 atom stereocenters. The van der Waals surface area contributed by atoms with Crippen molar-refractivity contribution < 1.29 is 9.84 Å². The average Bonchev–Trinajstić information content (AvgIpc) is 2.83. The molecule has 1 N–H and O–H groups in total. The normalized spacial score (nSPS) is 20.4. The van der Waals surface area contributed by atoms with Crippen molar-refractivity contribution in [2.24, 2.45) is 0 Å². The van der Waals surface area contributed by atoms with Crippen LogP contribution in [0.2, 0.25) is 0 Å². The standard InChI is InChI=1S/C15H23NO2/c1-13-5-2-3-6-14(13)15-7-4-8-16(15)9-11-18-12-10-17/h2-3,5-6,15,17H,4,7-12H2,1H3. The van der Waals surface area contributed by atoms with Crippen LogP contribution in [-0.4, -0.2) is 42.9 Å². The van der Waals surface area contributed by atoms with Crippen LogP contribution in [0.4, 0.5) is 0 Å². The molecule has 1 fully saturated rings. The second-order valence-electron chi connectivity index (χ2n) is 4.89. The molecule has 3 nitrogen and oxygen atoms in total. The van der Waals surface area contributed by atoms with Gasteiger partial charge in [-0.1, -0.05) is 24.3 Å². The van der Waals surface area contributed by atoms with E-state index in [2.05, 4.69) is 36.1 Å². The summed E-state index contributed by atoms with van der Waals surface area (Å²) in [5, 5.41) is 8.69. The highest BCUT2D eigenvalue weighted by Crippen LogP contribution is 2.33. The molecular weight excluding hydrogens is 226 g/mol. The van der Waals surface area contributed by atoms with E-state index in [9.17, 15) is 0 Å². The van der Waals surface area contributed by atoms with Gasteiger partial charge < -0.3 is 9.84 Å². The summed E-state index contributed by atoms with van der Waals surface area (Å²) in [5.74, 6) is 0. The van der Waals surface area contributed by atoms with E-state index in [-0.39, 0.29) is 6.61 Å². The number of aliphatic hydroxyl groups is 1. The Hall–Kier alpha value is -0.900. The second kappa shape index (κ2) is 6.88. The Morgan fingerprint density at radius 2 is 2.17 bits per heavy atom. The van der Waals surface area contributed by atoms with Gasteiger partial charge in [0.25, 0.3) is 0 Å². The molecule has 18 heavy (non-hydrogen) atoms. The molecule has 0 bridgehead atoms. The number of benzene rings is 1. The molecule has 1 aromatic carbocycles. The van der Waals surface area contributed by atoms with Crippen LogP contribution in [0, 0.1) is 6.92 Å². The van der Waals surface area contributed by atoms with E-state index < -0.39 is 0 Å². The molecular formula is C15H23NO2. The quantitative estimate of drug-likeness (QED) is 0.784. The van der Waals surface area contributed by atoms with Gasteiger partial charge >= 0.3 is 0 Å². The predicted molar refractivity (Wildman–Crippen MR) is 72.6 cm³/mol. The minimum Gasteiger partial charge on any atom is -0.394 e. The fourth-order valence-corrected chi connectivity index (χ4v) is 2.76. The molecule has 100 valence electrons. The van der Waals surface area contributed by atoms with Crippen molar-refractivity contribution in [2.75, 3.05) is 32.9 Å². The molecule has 0 saturated carbocycles. The number of ether oxygens (including phenoxy) is 1. The Balaban J connectivity index is 1.93. The summed E-state index contributed by atoms with van der Waals surface area (Å²) in [6.45, 7) is 5.57. The number of nitrogens with zero attached hydrogens (tertiary/aromatic N) is 1. The number of rotatable bonds is 6. The zero-order valence-electron chi connectivity index (χ0n) is 11.1. The van der Waals surface area contributed by atoms with Crippen LogP contribution in [-0.2, 0) is 4.74 Å². The summed E-state index contributed by atoms with van der Waals surface area (Å²) >= 11 is 0. The first-order chi connectivity index (χ1) is 8.83. The van der Waals surface area contributed by atoms with Crippen molar-refractivity contribution in [3.05, 3.63) is 35.4 Å². The van der Waals surface area contributed by atoms with Gasteiger partial charge in [-0.05, 0) is 37.4 Å². The molecule has 0 aromatic heterocycles. The SMILES string of the molecule is Cc1ccccc1C1CCCN1CCOCCO. The Morgan fingerprint density at radius 3 is 2.94 bits per heavy atom. The van der Waals surface area contributed by atoms with Crippen LogP contribution in [0.25, 0.3) is 0 Å². The number of aliphatic hydroxyl groups excluding tert-OH is 1. The average molecular weight is 249 g/mol. The second-order valence-corrected chi connectivity index (χ2v) is 4.89. The molecule has 1 saturated heterocycles. The van der Waals surface area contributed by atoms with Gasteiger partial charge in [-0.3, -0.25) is 4.90 Å². The van der Waals surface area contributed by atoms with E-state index in [4.69, 9.17) is 9.84 Å². The van der Waals surface area contributed by atoms with Gasteiger partial charge in [0.2, 0.25) is 0 Å². The molecule has 1 unspecified atom stereocenters. The molecule has 0 radical (unpaired) electrons. The highest BCUT2D eigenvalue weighted by molar-refractivity contribution is 5.29. The highest BCUT2D eigenvalue weighted by atomic mass is 16.5. The van der Waals surface area contributed by atoms with E-state index >= 15 is 0 Å². The lowest BCUT2D eigenvalue weighted by Gasteiger charge is -2.25. The smallest absolute Gasteiger partial charge is 0.0698 e. The Morgan fingerprint density at radius 1 is 1.33 bits per heavy atom. The van der Waals surface area contributed by atoms with Crippen LogP contribution in [0.15, 0.2) is 24.3 Å². The topological polar surface area (TPSA) is 32.7 Å². The molecule has 1 aliphatic heterocycles. The van der Waals surface area contributed by atoms with Gasteiger partial charge in [0.05, 0.1) is 19.8 Å². The highest BCUT2D eigenvalue weighted by Gasteiger charge is 2.26.